The molecule has 2 aliphatic rings. The lowest BCUT2D eigenvalue weighted by atomic mass is 9.96. The number of para-hydroxylation sites is 1. The second kappa shape index (κ2) is 8.38. The van der Waals surface area contributed by atoms with Crippen LogP contribution in [0.3, 0.4) is 0 Å². The van der Waals surface area contributed by atoms with E-state index in [1.54, 1.807) is 0 Å². The van der Waals surface area contributed by atoms with Gasteiger partial charge in [0.2, 0.25) is 0 Å². The molecule has 1 fully saturated rings. The van der Waals surface area contributed by atoms with Gasteiger partial charge in [0.15, 0.2) is 0 Å². The first kappa shape index (κ1) is 17.1. The number of aliphatic hydroxyl groups is 1. The summed E-state index contributed by atoms with van der Waals surface area (Å²) in [4.78, 5) is 12.5. The fourth-order valence-corrected chi connectivity index (χ4v) is 3.84. The van der Waals surface area contributed by atoms with Gasteiger partial charge < -0.3 is 20.5 Å². The summed E-state index contributed by atoms with van der Waals surface area (Å²) in [6, 6.07) is 7.82. The van der Waals surface area contributed by atoms with Crippen LogP contribution < -0.4 is 15.4 Å². The van der Waals surface area contributed by atoms with E-state index in [0.29, 0.717) is 6.61 Å². The van der Waals surface area contributed by atoms with E-state index in [9.17, 15) is 9.90 Å². The third kappa shape index (κ3) is 4.20. The number of rotatable bonds is 3. The number of nitrogens with one attached hydrogen (secondary N) is 2. The van der Waals surface area contributed by atoms with Crippen LogP contribution in [-0.4, -0.2) is 30.4 Å². The van der Waals surface area contributed by atoms with Gasteiger partial charge in [-0.1, -0.05) is 37.5 Å². The van der Waals surface area contributed by atoms with Crippen LogP contribution in [0.25, 0.3) is 0 Å². The van der Waals surface area contributed by atoms with Crippen LogP contribution in [-0.2, 0) is 0 Å². The fourth-order valence-electron chi connectivity index (χ4n) is 3.84. The van der Waals surface area contributed by atoms with Crippen LogP contribution in [0.5, 0.6) is 5.75 Å². The Bertz CT molecular complexity index is 549. The number of amides is 2. The lowest BCUT2D eigenvalue weighted by Crippen LogP contribution is -2.47. The van der Waals surface area contributed by atoms with Crippen molar-refractivity contribution in [3.05, 3.63) is 29.8 Å². The Morgan fingerprint density at radius 1 is 1.08 bits per heavy atom. The SMILES string of the molecule is O=C(NC1CCCOc2ccccc21)NC1CCCCCC1CO. The van der Waals surface area contributed by atoms with Crippen molar-refractivity contribution in [3.8, 4) is 5.75 Å². The van der Waals surface area contributed by atoms with E-state index in [4.69, 9.17) is 4.74 Å². The normalized spacial score (nSPS) is 27.1. The molecule has 1 aliphatic heterocycles. The zero-order valence-corrected chi connectivity index (χ0v) is 14.2. The summed E-state index contributed by atoms with van der Waals surface area (Å²) in [6.07, 6.45) is 7.16. The standard InChI is InChI=1S/C19H28N2O3/c22-13-14-7-2-1-3-9-16(14)20-19(23)21-17-10-6-12-24-18-11-5-4-8-15(17)18/h4-5,8,11,14,16-17,22H,1-3,6-7,9-10,12-13H2,(H2,20,21,23). The summed E-state index contributed by atoms with van der Waals surface area (Å²) in [5.74, 6) is 1.03. The van der Waals surface area contributed by atoms with E-state index in [2.05, 4.69) is 10.6 Å². The van der Waals surface area contributed by atoms with Crippen molar-refractivity contribution in [1.82, 2.24) is 10.6 Å². The number of carbonyl (C=O) groups is 1. The minimum atomic E-state index is -0.137. The fraction of sp³-hybridized carbons (Fsp3) is 0.632. The van der Waals surface area contributed by atoms with Crippen molar-refractivity contribution in [2.24, 2.45) is 5.92 Å². The Hall–Kier alpha value is -1.75. The summed E-state index contributed by atoms with van der Waals surface area (Å²) in [5.41, 5.74) is 1.05. The van der Waals surface area contributed by atoms with Crippen LogP contribution in [0.15, 0.2) is 24.3 Å². The molecule has 1 aromatic carbocycles. The molecule has 0 spiro atoms. The number of urea groups is 1. The molecule has 0 radical (unpaired) electrons. The largest absolute Gasteiger partial charge is 0.493 e. The third-order valence-electron chi connectivity index (χ3n) is 5.20. The predicted molar refractivity (Wildman–Crippen MR) is 93.0 cm³/mol. The van der Waals surface area contributed by atoms with Crippen LogP contribution in [0, 0.1) is 5.92 Å². The van der Waals surface area contributed by atoms with Gasteiger partial charge in [0, 0.05) is 24.1 Å². The second-order valence-electron chi connectivity index (χ2n) is 6.89. The van der Waals surface area contributed by atoms with Crippen molar-refractivity contribution in [1.29, 1.82) is 0 Å². The predicted octanol–water partition coefficient (Wildman–Crippen LogP) is 3.14. The monoisotopic (exact) mass is 332 g/mol. The van der Waals surface area contributed by atoms with E-state index in [1.807, 2.05) is 24.3 Å². The van der Waals surface area contributed by atoms with E-state index in [-0.39, 0.29) is 30.6 Å². The maximum Gasteiger partial charge on any atom is 0.315 e. The molecule has 5 heteroatoms. The Balaban J connectivity index is 1.64. The van der Waals surface area contributed by atoms with Crippen molar-refractivity contribution in [2.45, 2.75) is 57.0 Å². The quantitative estimate of drug-likeness (QED) is 0.745. The van der Waals surface area contributed by atoms with E-state index < -0.39 is 0 Å². The molecule has 3 unspecified atom stereocenters. The van der Waals surface area contributed by atoms with E-state index in [1.165, 1.54) is 6.42 Å². The molecule has 0 bridgehead atoms. The van der Waals surface area contributed by atoms with E-state index in [0.717, 1.165) is 49.8 Å². The minimum Gasteiger partial charge on any atom is -0.493 e. The highest BCUT2D eigenvalue weighted by Crippen LogP contribution is 2.31. The molecule has 1 heterocycles. The Morgan fingerprint density at radius 2 is 1.92 bits per heavy atom. The van der Waals surface area contributed by atoms with E-state index >= 15 is 0 Å². The van der Waals surface area contributed by atoms with Gasteiger partial charge in [-0.3, -0.25) is 0 Å². The number of hydrogen-bond acceptors (Lipinski definition) is 3. The van der Waals surface area contributed by atoms with Crippen LogP contribution in [0.1, 0.15) is 56.6 Å². The molecule has 24 heavy (non-hydrogen) atoms. The van der Waals surface area contributed by atoms with Gasteiger partial charge in [0.05, 0.1) is 12.6 Å². The van der Waals surface area contributed by atoms with Crippen LogP contribution in [0.2, 0.25) is 0 Å². The van der Waals surface area contributed by atoms with Crippen molar-refractivity contribution >= 4 is 6.03 Å². The molecule has 3 atom stereocenters. The van der Waals surface area contributed by atoms with Gasteiger partial charge in [-0.25, -0.2) is 4.79 Å². The number of carbonyl (C=O) groups excluding carboxylic acids is 1. The first-order valence-corrected chi connectivity index (χ1v) is 9.17. The second-order valence-corrected chi connectivity index (χ2v) is 6.89. The Labute approximate surface area is 143 Å². The molecule has 1 aliphatic carbocycles. The molecule has 0 saturated heterocycles. The number of ether oxygens (including phenoxy) is 1. The number of fused-ring (bicyclic) bond motifs is 1. The van der Waals surface area contributed by atoms with Gasteiger partial charge in [0.25, 0.3) is 0 Å². The molecule has 2 amide bonds. The Kier molecular flexibility index (Phi) is 5.96. The topological polar surface area (TPSA) is 70.6 Å². The molecule has 132 valence electrons. The number of hydrogen-bond donors (Lipinski definition) is 3. The lowest BCUT2D eigenvalue weighted by molar-refractivity contribution is 0.178. The molecule has 0 aromatic heterocycles. The molecule has 1 saturated carbocycles. The third-order valence-corrected chi connectivity index (χ3v) is 5.20. The maximum absolute atomic E-state index is 12.5. The number of benzene rings is 1. The Morgan fingerprint density at radius 3 is 2.79 bits per heavy atom. The molecular formula is C19H28N2O3. The van der Waals surface area contributed by atoms with Crippen molar-refractivity contribution in [3.63, 3.8) is 0 Å². The molecular weight excluding hydrogens is 304 g/mol. The number of aliphatic hydroxyl groups excluding tert-OH is 1. The van der Waals surface area contributed by atoms with Gasteiger partial charge in [-0.2, -0.15) is 0 Å². The average Bonchev–Trinajstić information content (AvgIpc) is 2.93. The van der Waals surface area contributed by atoms with Crippen LogP contribution in [0.4, 0.5) is 4.79 Å². The van der Waals surface area contributed by atoms with Gasteiger partial charge in [-0.15, -0.1) is 0 Å². The molecule has 1 aromatic rings. The summed E-state index contributed by atoms with van der Waals surface area (Å²) in [7, 11) is 0. The highest BCUT2D eigenvalue weighted by Gasteiger charge is 2.26. The minimum absolute atomic E-state index is 0.0259. The first-order valence-electron chi connectivity index (χ1n) is 9.17. The molecule has 3 N–H and O–H groups in total. The zero-order chi connectivity index (χ0) is 16.8. The summed E-state index contributed by atoms with van der Waals surface area (Å²) in [6.45, 7) is 0.830. The maximum atomic E-state index is 12.5. The molecule has 5 nitrogen and oxygen atoms in total. The van der Waals surface area contributed by atoms with Gasteiger partial charge in [0.1, 0.15) is 5.75 Å². The van der Waals surface area contributed by atoms with Crippen molar-refractivity contribution < 1.29 is 14.6 Å². The van der Waals surface area contributed by atoms with Gasteiger partial charge in [-0.05, 0) is 31.7 Å². The van der Waals surface area contributed by atoms with Crippen LogP contribution >= 0.6 is 0 Å². The first-order chi connectivity index (χ1) is 11.8. The summed E-state index contributed by atoms with van der Waals surface area (Å²) < 4.78 is 5.76. The summed E-state index contributed by atoms with van der Waals surface area (Å²) in [5, 5.41) is 15.8. The zero-order valence-electron chi connectivity index (χ0n) is 14.2. The highest BCUT2D eigenvalue weighted by molar-refractivity contribution is 5.75. The van der Waals surface area contributed by atoms with Crippen molar-refractivity contribution in [2.75, 3.05) is 13.2 Å². The smallest absolute Gasteiger partial charge is 0.315 e. The summed E-state index contributed by atoms with van der Waals surface area (Å²) >= 11 is 0. The highest BCUT2D eigenvalue weighted by atomic mass is 16.5. The lowest BCUT2D eigenvalue weighted by Gasteiger charge is -2.26. The average molecular weight is 332 g/mol. The van der Waals surface area contributed by atoms with Gasteiger partial charge >= 0.3 is 6.03 Å². The molecule has 3 rings (SSSR count).